The summed E-state index contributed by atoms with van der Waals surface area (Å²) in [7, 11) is 0. The fourth-order valence-corrected chi connectivity index (χ4v) is 7.23. The first-order valence-corrected chi connectivity index (χ1v) is 14.2. The quantitative estimate of drug-likeness (QED) is 0.529. The van der Waals surface area contributed by atoms with Crippen molar-refractivity contribution in [2.75, 3.05) is 44.3 Å². The highest BCUT2D eigenvalue weighted by Crippen LogP contribution is 2.49. The molecule has 2 saturated heterocycles. The number of rotatable bonds is 4. The first-order valence-electron chi connectivity index (χ1n) is 13.4. The molecule has 8 heteroatoms. The number of nitrogens with two attached hydrogens (primary N) is 1. The van der Waals surface area contributed by atoms with E-state index in [1.165, 1.54) is 0 Å². The highest BCUT2D eigenvalue weighted by atomic mass is 32.1. The number of carbonyl (C=O) groups excluding carboxylic acids is 2. The second kappa shape index (κ2) is 9.91. The standard InChI is InChI=1S/C30H34N4O3S/c1-30(2)16-23-26(29(33-10-12-37-13-11-33)38-27(23)25(35)17-30)20-6-8-32-24(15-20)19-4-3-5-21(14-19)28(36)34-9-7-22(31)18-34/h3-6,8,14-15,22H,7,9-13,16-18,31H2,1-2H3/t22-/m1/s1. The van der Waals surface area contributed by atoms with E-state index < -0.39 is 0 Å². The van der Waals surface area contributed by atoms with Crippen molar-refractivity contribution in [3.8, 4) is 22.4 Å². The van der Waals surface area contributed by atoms with Crippen LogP contribution in [0.1, 0.15) is 52.3 Å². The molecule has 0 radical (unpaired) electrons. The second-order valence-corrected chi connectivity index (χ2v) is 12.4. The predicted molar refractivity (Wildman–Crippen MR) is 151 cm³/mol. The minimum Gasteiger partial charge on any atom is -0.378 e. The summed E-state index contributed by atoms with van der Waals surface area (Å²) in [5.74, 6) is 0.252. The summed E-state index contributed by atoms with van der Waals surface area (Å²) in [6.45, 7) is 8.64. The highest BCUT2D eigenvalue weighted by Gasteiger charge is 2.37. The van der Waals surface area contributed by atoms with E-state index in [1.807, 2.05) is 41.4 Å². The Kier molecular flexibility index (Phi) is 6.58. The third-order valence-corrected chi connectivity index (χ3v) is 9.13. The van der Waals surface area contributed by atoms with Crippen LogP contribution >= 0.6 is 11.3 Å². The van der Waals surface area contributed by atoms with Crippen LogP contribution in [-0.4, -0.2) is 67.0 Å². The number of ketones is 1. The number of Topliss-reactive ketones (excluding diaryl/α,β-unsaturated/α-hetero) is 1. The molecule has 2 fully saturated rings. The van der Waals surface area contributed by atoms with Gasteiger partial charge in [0.1, 0.15) is 0 Å². The maximum atomic E-state index is 13.2. The number of thiophene rings is 1. The van der Waals surface area contributed by atoms with Gasteiger partial charge >= 0.3 is 0 Å². The van der Waals surface area contributed by atoms with Crippen molar-refractivity contribution in [1.29, 1.82) is 0 Å². The van der Waals surface area contributed by atoms with Gasteiger partial charge in [-0.3, -0.25) is 14.6 Å². The maximum absolute atomic E-state index is 13.2. The maximum Gasteiger partial charge on any atom is 0.253 e. The first-order chi connectivity index (χ1) is 18.3. The third kappa shape index (κ3) is 4.77. The molecule has 38 heavy (non-hydrogen) atoms. The van der Waals surface area contributed by atoms with Gasteiger partial charge < -0.3 is 20.3 Å². The summed E-state index contributed by atoms with van der Waals surface area (Å²) in [4.78, 5) is 36.1. The molecule has 0 bridgehead atoms. The topological polar surface area (TPSA) is 88.8 Å². The zero-order valence-corrected chi connectivity index (χ0v) is 22.9. The Morgan fingerprint density at radius 3 is 2.68 bits per heavy atom. The number of morpholine rings is 1. The average Bonchev–Trinajstić information content (AvgIpc) is 3.52. The number of carbonyl (C=O) groups is 2. The summed E-state index contributed by atoms with van der Waals surface area (Å²) in [6, 6.07) is 11.9. The fraction of sp³-hybridized carbons (Fsp3) is 0.433. The second-order valence-electron chi connectivity index (χ2n) is 11.4. The molecule has 0 saturated carbocycles. The molecule has 198 valence electrons. The third-order valence-electron chi connectivity index (χ3n) is 7.80. The van der Waals surface area contributed by atoms with Gasteiger partial charge in [0.2, 0.25) is 0 Å². The Morgan fingerprint density at radius 1 is 1.11 bits per heavy atom. The van der Waals surface area contributed by atoms with Crippen molar-refractivity contribution in [1.82, 2.24) is 9.88 Å². The Morgan fingerprint density at radius 2 is 1.92 bits per heavy atom. The molecule has 1 atom stereocenters. The van der Waals surface area contributed by atoms with E-state index in [0.29, 0.717) is 38.3 Å². The molecule has 1 aliphatic carbocycles. The van der Waals surface area contributed by atoms with Gasteiger partial charge in [0.05, 0.1) is 28.8 Å². The lowest BCUT2D eigenvalue weighted by atomic mass is 9.75. The van der Waals surface area contributed by atoms with Crippen LogP contribution < -0.4 is 10.6 Å². The monoisotopic (exact) mass is 530 g/mol. The predicted octanol–water partition coefficient (Wildman–Crippen LogP) is 4.64. The molecule has 1 amide bonds. The number of fused-ring (bicyclic) bond motifs is 1. The Balaban J connectivity index is 1.41. The molecule has 6 rings (SSSR count). The van der Waals surface area contributed by atoms with Crippen LogP contribution in [0.3, 0.4) is 0 Å². The molecule has 2 N–H and O–H groups in total. The molecule has 2 aliphatic heterocycles. The summed E-state index contributed by atoms with van der Waals surface area (Å²) in [5, 5.41) is 1.15. The zero-order chi connectivity index (χ0) is 26.4. The molecule has 2 aromatic heterocycles. The van der Waals surface area contributed by atoms with Gasteiger partial charge in [-0.15, -0.1) is 11.3 Å². The van der Waals surface area contributed by atoms with Crippen LogP contribution in [-0.2, 0) is 11.2 Å². The molecule has 4 heterocycles. The number of pyridine rings is 1. The highest BCUT2D eigenvalue weighted by molar-refractivity contribution is 7.19. The minimum atomic E-state index is -0.0785. The van der Waals surface area contributed by atoms with Crippen LogP contribution in [0.25, 0.3) is 22.4 Å². The van der Waals surface area contributed by atoms with Gasteiger partial charge in [0.25, 0.3) is 5.91 Å². The van der Waals surface area contributed by atoms with E-state index in [9.17, 15) is 9.59 Å². The lowest BCUT2D eigenvalue weighted by Gasteiger charge is -2.30. The Hall–Kier alpha value is -3.07. The van der Waals surface area contributed by atoms with Gasteiger partial charge in [-0.05, 0) is 53.6 Å². The normalized spacial score (nSPS) is 21.0. The molecule has 7 nitrogen and oxygen atoms in total. The SMILES string of the molecule is CC1(C)CC(=O)c2sc(N3CCOCC3)c(-c3ccnc(-c4cccc(C(=O)N5CC[C@@H](N)C5)c4)c3)c2C1. The molecule has 1 aromatic carbocycles. The van der Waals surface area contributed by atoms with Crippen molar-refractivity contribution in [3.63, 3.8) is 0 Å². The van der Waals surface area contributed by atoms with Gasteiger partial charge in [0.15, 0.2) is 5.78 Å². The number of amides is 1. The van der Waals surface area contributed by atoms with Crippen molar-refractivity contribution < 1.29 is 14.3 Å². The summed E-state index contributed by atoms with van der Waals surface area (Å²) in [6.07, 6.45) is 4.11. The number of nitrogens with zero attached hydrogens (tertiary/aromatic N) is 3. The number of anilines is 1. The number of benzene rings is 1. The molecule has 0 spiro atoms. The van der Waals surface area contributed by atoms with E-state index in [2.05, 4.69) is 29.8 Å². The number of ether oxygens (including phenoxy) is 1. The van der Waals surface area contributed by atoms with E-state index in [-0.39, 0.29) is 23.1 Å². The molecule has 3 aromatic rings. The van der Waals surface area contributed by atoms with Crippen LogP contribution in [0.15, 0.2) is 42.6 Å². The van der Waals surface area contributed by atoms with Gasteiger partial charge in [-0.25, -0.2) is 0 Å². The number of aromatic nitrogens is 1. The van der Waals surface area contributed by atoms with Crippen molar-refractivity contribution >= 4 is 28.0 Å². The van der Waals surface area contributed by atoms with Crippen LogP contribution in [0.2, 0.25) is 0 Å². The summed E-state index contributed by atoms with van der Waals surface area (Å²) >= 11 is 1.63. The van der Waals surface area contributed by atoms with E-state index in [0.717, 1.165) is 63.8 Å². The van der Waals surface area contributed by atoms with Crippen LogP contribution in [0, 0.1) is 5.41 Å². The van der Waals surface area contributed by atoms with E-state index in [1.54, 1.807) is 11.3 Å². The zero-order valence-electron chi connectivity index (χ0n) is 22.0. The van der Waals surface area contributed by atoms with Crippen molar-refractivity contribution in [3.05, 3.63) is 58.6 Å². The smallest absolute Gasteiger partial charge is 0.253 e. The van der Waals surface area contributed by atoms with Gasteiger partial charge in [0, 0.05) is 61.5 Å². The molecular formula is C30H34N4O3S. The van der Waals surface area contributed by atoms with Crippen LogP contribution in [0.5, 0.6) is 0 Å². The fourth-order valence-electron chi connectivity index (χ4n) is 5.90. The molecular weight excluding hydrogens is 496 g/mol. The Bertz CT molecular complexity index is 1390. The van der Waals surface area contributed by atoms with Gasteiger partial charge in [-0.1, -0.05) is 26.0 Å². The average molecular weight is 531 g/mol. The van der Waals surface area contributed by atoms with E-state index in [4.69, 9.17) is 10.5 Å². The van der Waals surface area contributed by atoms with E-state index >= 15 is 0 Å². The number of hydrogen-bond acceptors (Lipinski definition) is 7. The summed E-state index contributed by atoms with van der Waals surface area (Å²) < 4.78 is 5.62. The first kappa shape index (κ1) is 25.2. The van der Waals surface area contributed by atoms with Crippen molar-refractivity contribution in [2.24, 2.45) is 11.1 Å². The molecule has 3 aliphatic rings. The minimum absolute atomic E-state index is 0.0122. The summed E-state index contributed by atoms with van der Waals surface area (Å²) in [5.41, 5.74) is 11.7. The molecule has 0 unspecified atom stereocenters. The lowest BCUT2D eigenvalue weighted by molar-refractivity contribution is 0.0790. The lowest BCUT2D eigenvalue weighted by Crippen LogP contribution is -2.36. The van der Waals surface area contributed by atoms with Crippen LogP contribution in [0.4, 0.5) is 5.00 Å². The van der Waals surface area contributed by atoms with Crippen molar-refractivity contribution in [2.45, 2.75) is 39.2 Å². The number of likely N-dealkylation sites (tertiary alicyclic amines) is 1. The largest absolute Gasteiger partial charge is 0.378 e. The van der Waals surface area contributed by atoms with Gasteiger partial charge in [-0.2, -0.15) is 0 Å². The number of hydrogen-bond donors (Lipinski definition) is 1. The Labute approximate surface area is 227 Å².